The maximum Gasteiger partial charge on any atom is 0.149 e. The van der Waals surface area contributed by atoms with E-state index < -0.39 is 6.10 Å². The number of aliphatic hydroxyl groups is 1. The minimum atomic E-state index is -0.878. The second-order valence-corrected chi connectivity index (χ2v) is 2.46. The summed E-state index contributed by atoms with van der Waals surface area (Å²) in [6.45, 7) is 1.70. The fraction of sp³-hybridized carbons (Fsp3) is 0.857. The van der Waals surface area contributed by atoms with Crippen LogP contribution in [-0.2, 0) is 9.53 Å². The van der Waals surface area contributed by atoms with E-state index in [4.69, 9.17) is 9.84 Å². The topological polar surface area (TPSA) is 49.8 Å². The van der Waals surface area contributed by atoms with E-state index >= 15 is 0 Å². The van der Waals surface area contributed by atoms with Gasteiger partial charge < -0.3 is 19.5 Å². The van der Waals surface area contributed by atoms with Crippen molar-refractivity contribution in [3.8, 4) is 0 Å². The third-order valence-corrected chi connectivity index (χ3v) is 1.33. The third-order valence-electron chi connectivity index (χ3n) is 1.33. The van der Waals surface area contributed by atoms with E-state index in [1.165, 1.54) is 0 Å². The number of likely N-dealkylation sites (N-methyl/N-ethyl adjacent to an activating group) is 1. The lowest BCUT2D eigenvalue weighted by Crippen LogP contribution is -2.32. The van der Waals surface area contributed by atoms with Crippen LogP contribution in [-0.4, -0.2) is 56.3 Å². The SMILES string of the molecule is COCCN(C)CC(O)C=O. The van der Waals surface area contributed by atoms with Gasteiger partial charge in [-0.05, 0) is 7.05 Å². The maximum absolute atomic E-state index is 10.0. The molecule has 0 aliphatic carbocycles. The highest BCUT2D eigenvalue weighted by Gasteiger charge is 2.04. The van der Waals surface area contributed by atoms with Crippen LogP contribution in [0.1, 0.15) is 0 Å². The van der Waals surface area contributed by atoms with Gasteiger partial charge in [0.2, 0.25) is 0 Å². The van der Waals surface area contributed by atoms with Crippen LogP contribution < -0.4 is 0 Å². The molecular formula is C7H15NO3. The Bertz CT molecular complexity index is 108. The van der Waals surface area contributed by atoms with E-state index in [2.05, 4.69) is 0 Å². The molecule has 1 N–H and O–H groups in total. The van der Waals surface area contributed by atoms with Gasteiger partial charge in [-0.2, -0.15) is 0 Å². The average molecular weight is 161 g/mol. The molecule has 0 amide bonds. The van der Waals surface area contributed by atoms with Crippen molar-refractivity contribution < 1.29 is 14.6 Å². The van der Waals surface area contributed by atoms with Crippen LogP contribution in [0.5, 0.6) is 0 Å². The second kappa shape index (κ2) is 6.27. The first-order valence-corrected chi connectivity index (χ1v) is 3.51. The zero-order chi connectivity index (χ0) is 8.69. The van der Waals surface area contributed by atoms with E-state index in [0.717, 1.165) is 6.54 Å². The van der Waals surface area contributed by atoms with Crippen molar-refractivity contribution in [3.63, 3.8) is 0 Å². The number of rotatable bonds is 6. The Hall–Kier alpha value is -0.450. The highest BCUT2D eigenvalue weighted by Crippen LogP contribution is 1.85. The quantitative estimate of drug-likeness (QED) is 0.514. The summed E-state index contributed by atoms with van der Waals surface area (Å²) in [7, 11) is 3.44. The van der Waals surface area contributed by atoms with Crippen molar-refractivity contribution in [3.05, 3.63) is 0 Å². The molecule has 11 heavy (non-hydrogen) atoms. The van der Waals surface area contributed by atoms with E-state index in [1.807, 2.05) is 11.9 Å². The van der Waals surface area contributed by atoms with Crippen LogP contribution in [0, 0.1) is 0 Å². The maximum atomic E-state index is 10.0. The van der Waals surface area contributed by atoms with Gasteiger partial charge in [0.1, 0.15) is 12.4 Å². The molecule has 4 heteroatoms. The summed E-state index contributed by atoms with van der Waals surface area (Å²) in [5.74, 6) is 0. The molecule has 0 bridgehead atoms. The molecule has 1 unspecified atom stereocenters. The van der Waals surface area contributed by atoms with Gasteiger partial charge in [0.25, 0.3) is 0 Å². The van der Waals surface area contributed by atoms with Gasteiger partial charge in [-0.15, -0.1) is 0 Å². The van der Waals surface area contributed by atoms with Crippen LogP contribution in [0.25, 0.3) is 0 Å². The molecule has 0 radical (unpaired) electrons. The molecule has 0 saturated heterocycles. The summed E-state index contributed by atoms with van der Waals surface area (Å²) in [6, 6.07) is 0. The van der Waals surface area contributed by atoms with E-state index in [0.29, 0.717) is 19.4 Å². The van der Waals surface area contributed by atoms with Crippen LogP contribution in [0.15, 0.2) is 0 Å². The van der Waals surface area contributed by atoms with E-state index in [9.17, 15) is 4.79 Å². The fourth-order valence-electron chi connectivity index (χ4n) is 0.701. The molecule has 0 heterocycles. The summed E-state index contributed by atoms with van der Waals surface area (Å²) in [5, 5.41) is 8.88. The lowest BCUT2D eigenvalue weighted by molar-refractivity contribution is -0.115. The molecule has 0 fully saturated rings. The zero-order valence-electron chi connectivity index (χ0n) is 6.99. The summed E-state index contributed by atoms with van der Waals surface area (Å²) in [4.78, 5) is 11.8. The Balaban J connectivity index is 3.34. The predicted octanol–water partition coefficient (Wildman–Crippen LogP) is -0.876. The van der Waals surface area contributed by atoms with Gasteiger partial charge in [0, 0.05) is 20.2 Å². The highest BCUT2D eigenvalue weighted by molar-refractivity contribution is 5.55. The minimum absolute atomic E-state index is 0.368. The van der Waals surface area contributed by atoms with Crippen LogP contribution >= 0.6 is 0 Å². The monoisotopic (exact) mass is 161 g/mol. The Labute approximate surface area is 66.8 Å². The summed E-state index contributed by atoms with van der Waals surface area (Å²) < 4.78 is 4.82. The molecule has 0 aliphatic heterocycles. The van der Waals surface area contributed by atoms with Gasteiger partial charge >= 0.3 is 0 Å². The first kappa shape index (κ1) is 10.6. The highest BCUT2D eigenvalue weighted by atomic mass is 16.5. The molecule has 0 aromatic heterocycles. The van der Waals surface area contributed by atoms with Crippen LogP contribution in [0.4, 0.5) is 0 Å². The van der Waals surface area contributed by atoms with Crippen molar-refractivity contribution in [1.29, 1.82) is 0 Å². The van der Waals surface area contributed by atoms with Crippen molar-refractivity contribution in [1.82, 2.24) is 4.90 Å². The number of hydrogen-bond acceptors (Lipinski definition) is 4. The van der Waals surface area contributed by atoms with Gasteiger partial charge in [-0.3, -0.25) is 0 Å². The number of methoxy groups -OCH3 is 1. The van der Waals surface area contributed by atoms with E-state index in [1.54, 1.807) is 7.11 Å². The fourth-order valence-corrected chi connectivity index (χ4v) is 0.701. The number of carbonyl (C=O) groups is 1. The first-order valence-electron chi connectivity index (χ1n) is 3.51. The summed E-state index contributed by atoms with van der Waals surface area (Å²) >= 11 is 0. The van der Waals surface area contributed by atoms with E-state index in [-0.39, 0.29) is 0 Å². The molecule has 66 valence electrons. The molecule has 0 aromatic carbocycles. The molecule has 0 aliphatic rings. The zero-order valence-corrected chi connectivity index (χ0v) is 6.99. The first-order chi connectivity index (χ1) is 5.20. The number of aldehydes is 1. The molecule has 0 spiro atoms. The lowest BCUT2D eigenvalue weighted by atomic mass is 10.3. The average Bonchev–Trinajstić information content (AvgIpc) is 2.00. The number of hydrogen-bond donors (Lipinski definition) is 1. The minimum Gasteiger partial charge on any atom is -0.384 e. The third kappa shape index (κ3) is 5.97. The molecular weight excluding hydrogens is 146 g/mol. The number of nitrogens with zero attached hydrogens (tertiary/aromatic N) is 1. The number of ether oxygens (including phenoxy) is 1. The van der Waals surface area contributed by atoms with Gasteiger partial charge in [0.15, 0.2) is 0 Å². The Kier molecular flexibility index (Phi) is 6.02. The Morgan fingerprint density at radius 2 is 2.36 bits per heavy atom. The van der Waals surface area contributed by atoms with Gasteiger partial charge in [0.05, 0.1) is 6.61 Å². The molecule has 0 saturated carbocycles. The summed E-state index contributed by atoms with van der Waals surface area (Å²) in [6.07, 6.45) is -0.347. The Morgan fingerprint density at radius 3 is 2.82 bits per heavy atom. The largest absolute Gasteiger partial charge is 0.384 e. The number of aliphatic hydroxyl groups excluding tert-OH is 1. The standard InChI is InChI=1S/C7H15NO3/c1-8(3-4-11-2)5-7(10)6-9/h6-7,10H,3-5H2,1-2H3. The van der Waals surface area contributed by atoms with Crippen LogP contribution in [0.3, 0.4) is 0 Å². The van der Waals surface area contributed by atoms with Gasteiger partial charge in [-0.1, -0.05) is 0 Å². The number of carbonyl (C=O) groups excluding carboxylic acids is 1. The normalized spacial score (nSPS) is 13.5. The van der Waals surface area contributed by atoms with Crippen LogP contribution in [0.2, 0.25) is 0 Å². The van der Waals surface area contributed by atoms with Gasteiger partial charge in [-0.25, -0.2) is 0 Å². The van der Waals surface area contributed by atoms with Crippen molar-refractivity contribution >= 4 is 6.29 Å². The predicted molar refractivity (Wildman–Crippen MR) is 41.4 cm³/mol. The Morgan fingerprint density at radius 1 is 1.73 bits per heavy atom. The van der Waals surface area contributed by atoms with Crippen molar-refractivity contribution in [2.24, 2.45) is 0 Å². The van der Waals surface area contributed by atoms with Crippen molar-refractivity contribution in [2.75, 3.05) is 33.9 Å². The second-order valence-electron chi connectivity index (χ2n) is 2.46. The molecule has 4 nitrogen and oxygen atoms in total. The lowest BCUT2D eigenvalue weighted by Gasteiger charge is -2.16. The van der Waals surface area contributed by atoms with Crippen molar-refractivity contribution in [2.45, 2.75) is 6.10 Å². The molecule has 0 rings (SSSR count). The molecule has 0 aromatic rings. The summed E-state index contributed by atoms with van der Waals surface area (Å²) in [5.41, 5.74) is 0. The molecule has 1 atom stereocenters. The smallest absolute Gasteiger partial charge is 0.149 e.